The van der Waals surface area contributed by atoms with E-state index < -0.39 is 0 Å². The van der Waals surface area contributed by atoms with E-state index in [0.717, 1.165) is 11.4 Å². The predicted octanol–water partition coefficient (Wildman–Crippen LogP) is 1.66. The molecule has 0 saturated heterocycles. The van der Waals surface area contributed by atoms with Crippen molar-refractivity contribution < 1.29 is 9.59 Å². The Labute approximate surface area is 106 Å². The first-order valence-electron chi connectivity index (χ1n) is 5.53. The Hall–Kier alpha value is -1.29. The number of aryl methyl sites for hydroxylation is 1. The van der Waals surface area contributed by atoms with Gasteiger partial charge in [-0.1, -0.05) is 0 Å². The van der Waals surface area contributed by atoms with Gasteiger partial charge in [0.1, 0.15) is 6.54 Å². The number of aromatic nitrogens is 1. The lowest BCUT2D eigenvalue weighted by atomic mass is 10.2. The molecule has 0 aliphatic rings. The van der Waals surface area contributed by atoms with E-state index in [1.807, 2.05) is 25.3 Å². The highest BCUT2D eigenvalue weighted by Gasteiger charge is 2.16. The SMILES string of the molecule is CCNC(=O)Cn1c(C)cc(C(=O)CCl)c1C. The van der Waals surface area contributed by atoms with Gasteiger partial charge in [-0.25, -0.2) is 0 Å². The maximum Gasteiger partial charge on any atom is 0.239 e. The fraction of sp³-hybridized carbons (Fsp3) is 0.500. The molecular formula is C12H17ClN2O2. The highest BCUT2D eigenvalue weighted by molar-refractivity contribution is 6.30. The van der Waals surface area contributed by atoms with Crippen LogP contribution in [0.25, 0.3) is 0 Å². The zero-order chi connectivity index (χ0) is 13.0. The average molecular weight is 257 g/mol. The summed E-state index contributed by atoms with van der Waals surface area (Å²) >= 11 is 5.54. The summed E-state index contributed by atoms with van der Waals surface area (Å²) < 4.78 is 1.82. The number of halogens is 1. The van der Waals surface area contributed by atoms with E-state index in [9.17, 15) is 9.59 Å². The summed E-state index contributed by atoms with van der Waals surface area (Å²) in [4.78, 5) is 23.1. The molecule has 0 fully saturated rings. The Bertz CT molecular complexity index is 438. The molecule has 0 spiro atoms. The Morgan fingerprint density at radius 3 is 2.59 bits per heavy atom. The highest BCUT2D eigenvalue weighted by atomic mass is 35.5. The van der Waals surface area contributed by atoms with E-state index >= 15 is 0 Å². The van der Waals surface area contributed by atoms with Crippen molar-refractivity contribution in [2.45, 2.75) is 27.3 Å². The molecule has 17 heavy (non-hydrogen) atoms. The largest absolute Gasteiger partial charge is 0.355 e. The molecule has 4 nitrogen and oxygen atoms in total. The predicted molar refractivity (Wildman–Crippen MR) is 67.6 cm³/mol. The Kier molecular flexibility index (Phi) is 4.75. The van der Waals surface area contributed by atoms with Crippen molar-refractivity contribution in [3.05, 3.63) is 23.0 Å². The molecule has 0 bridgehead atoms. The van der Waals surface area contributed by atoms with Crippen molar-refractivity contribution >= 4 is 23.3 Å². The molecule has 0 unspecified atom stereocenters. The number of amides is 1. The number of Topliss-reactive ketones (excluding diaryl/α,β-unsaturated/α-hetero) is 1. The molecule has 0 atom stereocenters. The number of nitrogens with one attached hydrogen (secondary N) is 1. The molecule has 1 aromatic rings. The van der Waals surface area contributed by atoms with Crippen molar-refractivity contribution in [3.63, 3.8) is 0 Å². The molecule has 1 heterocycles. The van der Waals surface area contributed by atoms with Crippen molar-refractivity contribution in [2.75, 3.05) is 12.4 Å². The van der Waals surface area contributed by atoms with Crippen LogP contribution in [0, 0.1) is 13.8 Å². The Balaban J connectivity index is 2.97. The van der Waals surface area contributed by atoms with Crippen LogP contribution in [-0.2, 0) is 11.3 Å². The zero-order valence-electron chi connectivity index (χ0n) is 10.3. The molecule has 0 aliphatic heterocycles. The van der Waals surface area contributed by atoms with Crippen molar-refractivity contribution in [3.8, 4) is 0 Å². The second kappa shape index (κ2) is 5.87. The monoisotopic (exact) mass is 256 g/mol. The molecule has 1 rings (SSSR count). The molecule has 0 aliphatic carbocycles. The maximum absolute atomic E-state index is 11.6. The van der Waals surface area contributed by atoms with Crippen LogP contribution in [-0.4, -0.2) is 28.7 Å². The van der Waals surface area contributed by atoms with Crippen LogP contribution >= 0.6 is 11.6 Å². The molecule has 5 heteroatoms. The lowest BCUT2D eigenvalue weighted by Gasteiger charge is -2.09. The molecule has 0 aromatic carbocycles. The molecule has 0 saturated carbocycles. The third-order valence-corrected chi connectivity index (χ3v) is 2.91. The number of ketones is 1. The average Bonchev–Trinajstić information content (AvgIpc) is 2.56. The van der Waals surface area contributed by atoms with Gasteiger partial charge in [0.25, 0.3) is 0 Å². The number of hydrogen-bond acceptors (Lipinski definition) is 2. The van der Waals surface area contributed by atoms with Crippen molar-refractivity contribution in [1.82, 2.24) is 9.88 Å². The van der Waals surface area contributed by atoms with E-state index in [4.69, 9.17) is 11.6 Å². The maximum atomic E-state index is 11.6. The number of nitrogens with zero attached hydrogens (tertiary/aromatic N) is 1. The second-order valence-corrected chi connectivity index (χ2v) is 4.15. The normalized spacial score (nSPS) is 10.4. The minimum absolute atomic E-state index is 0.0363. The summed E-state index contributed by atoms with van der Waals surface area (Å²) in [5.74, 6) is -0.202. The van der Waals surface area contributed by atoms with E-state index in [2.05, 4.69) is 5.32 Å². The molecule has 94 valence electrons. The number of alkyl halides is 1. The minimum atomic E-state index is -0.109. The van der Waals surface area contributed by atoms with Crippen LogP contribution in [0.2, 0.25) is 0 Å². The van der Waals surface area contributed by atoms with Gasteiger partial charge in [-0.2, -0.15) is 0 Å². The first-order chi connectivity index (χ1) is 8.01. The van der Waals surface area contributed by atoms with Gasteiger partial charge in [0, 0.05) is 23.5 Å². The Morgan fingerprint density at radius 2 is 2.06 bits per heavy atom. The van der Waals surface area contributed by atoms with E-state index in [0.29, 0.717) is 12.1 Å². The van der Waals surface area contributed by atoms with E-state index in [1.54, 1.807) is 6.07 Å². The minimum Gasteiger partial charge on any atom is -0.355 e. The standard InChI is InChI=1S/C12H17ClN2O2/c1-4-14-12(17)7-15-8(2)5-10(9(15)3)11(16)6-13/h5H,4,6-7H2,1-3H3,(H,14,17). The molecular weight excluding hydrogens is 240 g/mol. The van der Waals surface area contributed by atoms with Crippen molar-refractivity contribution in [2.24, 2.45) is 0 Å². The Morgan fingerprint density at radius 1 is 1.41 bits per heavy atom. The van der Waals surface area contributed by atoms with Gasteiger partial charge < -0.3 is 9.88 Å². The van der Waals surface area contributed by atoms with Crippen LogP contribution in [0.4, 0.5) is 0 Å². The van der Waals surface area contributed by atoms with Gasteiger partial charge in [-0.15, -0.1) is 11.6 Å². The molecule has 0 radical (unpaired) electrons. The van der Waals surface area contributed by atoms with Crippen LogP contribution in [0.3, 0.4) is 0 Å². The first-order valence-corrected chi connectivity index (χ1v) is 6.07. The lowest BCUT2D eigenvalue weighted by Crippen LogP contribution is -2.28. The number of likely N-dealkylation sites (N-methyl/N-ethyl adjacent to an activating group) is 1. The molecule has 1 N–H and O–H groups in total. The summed E-state index contributed by atoms with van der Waals surface area (Å²) in [5.41, 5.74) is 2.28. The summed E-state index contributed by atoms with van der Waals surface area (Å²) in [7, 11) is 0. The van der Waals surface area contributed by atoms with E-state index in [1.165, 1.54) is 0 Å². The fourth-order valence-electron chi connectivity index (χ4n) is 1.80. The quantitative estimate of drug-likeness (QED) is 0.644. The highest BCUT2D eigenvalue weighted by Crippen LogP contribution is 2.16. The van der Waals surface area contributed by atoms with Gasteiger partial charge in [0.05, 0.1) is 5.88 Å². The molecule has 1 aromatic heterocycles. The fourth-order valence-corrected chi connectivity index (χ4v) is 1.94. The van der Waals surface area contributed by atoms with Crippen LogP contribution in [0.5, 0.6) is 0 Å². The van der Waals surface area contributed by atoms with Crippen LogP contribution < -0.4 is 5.32 Å². The summed E-state index contributed by atoms with van der Waals surface area (Å²) in [6.07, 6.45) is 0. The topological polar surface area (TPSA) is 51.1 Å². The van der Waals surface area contributed by atoms with Gasteiger partial charge >= 0.3 is 0 Å². The number of carbonyl (C=O) groups is 2. The van der Waals surface area contributed by atoms with Gasteiger partial charge in [0.2, 0.25) is 5.91 Å². The van der Waals surface area contributed by atoms with Crippen molar-refractivity contribution in [1.29, 1.82) is 0 Å². The van der Waals surface area contributed by atoms with Gasteiger partial charge in [-0.3, -0.25) is 9.59 Å². The van der Waals surface area contributed by atoms with Crippen LogP contribution in [0.1, 0.15) is 28.7 Å². The van der Waals surface area contributed by atoms with Crippen LogP contribution in [0.15, 0.2) is 6.07 Å². The third-order valence-electron chi connectivity index (χ3n) is 2.67. The summed E-state index contributed by atoms with van der Waals surface area (Å²) in [6, 6.07) is 1.78. The number of hydrogen-bond donors (Lipinski definition) is 1. The zero-order valence-corrected chi connectivity index (χ0v) is 11.1. The lowest BCUT2D eigenvalue weighted by molar-refractivity contribution is -0.121. The molecule has 1 amide bonds. The van der Waals surface area contributed by atoms with E-state index in [-0.39, 0.29) is 24.1 Å². The first kappa shape index (κ1) is 13.8. The number of rotatable bonds is 5. The van der Waals surface area contributed by atoms with Gasteiger partial charge in [-0.05, 0) is 26.8 Å². The number of carbonyl (C=O) groups excluding carboxylic acids is 2. The van der Waals surface area contributed by atoms with Gasteiger partial charge in [0.15, 0.2) is 5.78 Å². The summed E-state index contributed by atoms with van der Waals surface area (Å²) in [6.45, 7) is 6.41. The summed E-state index contributed by atoms with van der Waals surface area (Å²) in [5, 5.41) is 2.73. The third kappa shape index (κ3) is 3.09. The second-order valence-electron chi connectivity index (χ2n) is 3.88. The smallest absolute Gasteiger partial charge is 0.239 e.